The Balaban J connectivity index is 1.92. The second-order valence-corrected chi connectivity index (χ2v) is 5.21. The molecule has 0 aromatic carbocycles. The topological polar surface area (TPSA) is 72.6 Å². The number of aromatic nitrogens is 1. The number of hydrogen-bond acceptors (Lipinski definition) is 6. The van der Waals surface area contributed by atoms with Crippen LogP contribution in [0.15, 0.2) is 28.2 Å². The highest BCUT2D eigenvalue weighted by atomic mass is 32.1. The van der Waals surface area contributed by atoms with E-state index in [0.717, 1.165) is 5.01 Å². The van der Waals surface area contributed by atoms with Crippen LogP contribution in [0.4, 0.5) is 0 Å². The van der Waals surface area contributed by atoms with E-state index in [2.05, 4.69) is 4.98 Å². The highest BCUT2D eigenvalue weighted by Crippen LogP contribution is 2.24. The zero-order valence-corrected chi connectivity index (χ0v) is 12.7. The summed E-state index contributed by atoms with van der Waals surface area (Å²) in [5, 5.41) is 2.55. The Labute approximate surface area is 126 Å². The monoisotopic (exact) mass is 308 g/mol. The number of amides is 1. The zero-order valence-electron chi connectivity index (χ0n) is 11.9. The second-order valence-electron chi connectivity index (χ2n) is 4.35. The van der Waals surface area contributed by atoms with Crippen LogP contribution in [0.25, 0.3) is 10.8 Å². The lowest BCUT2D eigenvalue weighted by atomic mass is 10.3. The van der Waals surface area contributed by atoms with Gasteiger partial charge in [-0.1, -0.05) is 0 Å². The lowest BCUT2D eigenvalue weighted by molar-refractivity contribution is -0.147. The number of esters is 1. The van der Waals surface area contributed by atoms with Crippen molar-refractivity contribution in [2.24, 2.45) is 0 Å². The summed E-state index contributed by atoms with van der Waals surface area (Å²) in [7, 11) is 1.57. The fourth-order valence-corrected chi connectivity index (χ4v) is 2.47. The first-order chi connectivity index (χ1) is 10.1. The van der Waals surface area contributed by atoms with Crippen molar-refractivity contribution in [3.05, 3.63) is 29.5 Å². The number of carbonyl (C=O) groups excluding carboxylic acids is 2. The Morgan fingerprint density at radius 2 is 2.29 bits per heavy atom. The molecule has 0 N–H and O–H groups in total. The average Bonchev–Trinajstić information content (AvgIpc) is 3.08. The fourth-order valence-electron chi connectivity index (χ4n) is 1.68. The molecule has 2 rings (SSSR count). The standard InChI is InChI=1S/C14H16N2O4S/c1-3-19-13(18)8-16(2)12(17)7-10-9-21-14(15-10)11-5-4-6-20-11/h4-6,9H,3,7-8H2,1-2H3. The van der Waals surface area contributed by atoms with Crippen LogP contribution in [-0.4, -0.2) is 42.0 Å². The smallest absolute Gasteiger partial charge is 0.325 e. The van der Waals surface area contributed by atoms with Gasteiger partial charge in [-0.25, -0.2) is 4.98 Å². The van der Waals surface area contributed by atoms with Crippen molar-refractivity contribution in [3.63, 3.8) is 0 Å². The van der Waals surface area contributed by atoms with E-state index in [0.29, 0.717) is 18.1 Å². The molecule has 0 aliphatic rings. The maximum Gasteiger partial charge on any atom is 0.325 e. The molecule has 0 aliphatic carbocycles. The van der Waals surface area contributed by atoms with E-state index in [1.807, 2.05) is 11.4 Å². The summed E-state index contributed by atoms with van der Waals surface area (Å²) in [5.41, 5.74) is 0.659. The molecule has 0 saturated carbocycles. The summed E-state index contributed by atoms with van der Waals surface area (Å²) in [6.07, 6.45) is 1.72. The highest BCUT2D eigenvalue weighted by molar-refractivity contribution is 7.13. The van der Waals surface area contributed by atoms with Crippen molar-refractivity contribution in [2.45, 2.75) is 13.3 Å². The molecule has 0 spiro atoms. The maximum absolute atomic E-state index is 12.0. The molecule has 2 aromatic heterocycles. The lowest BCUT2D eigenvalue weighted by Gasteiger charge is -2.15. The van der Waals surface area contributed by atoms with Crippen LogP contribution < -0.4 is 0 Å². The van der Waals surface area contributed by atoms with Crippen LogP contribution in [0, 0.1) is 0 Å². The predicted molar refractivity (Wildman–Crippen MR) is 77.8 cm³/mol. The van der Waals surface area contributed by atoms with E-state index in [1.54, 1.807) is 26.3 Å². The third-order valence-electron chi connectivity index (χ3n) is 2.71. The first-order valence-corrected chi connectivity index (χ1v) is 7.36. The number of furan rings is 1. The van der Waals surface area contributed by atoms with E-state index in [-0.39, 0.29) is 18.9 Å². The van der Waals surface area contributed by atoms with Crippen molar-refractivity contribution in [2.75, 3.05) is 20.2 Å². The SMILES string of the molecule is CCOC(=O)CN(C)C(=O)Cc1csc(-c2ccco2)n1. The van der Waals surface area contributed by atoms with E-state index in [4.69, 9.17) is 9.15 Å². The summed E-state index contributed by atoms with van der Waals surface area (Å²) in [6, 6.07) is 3.60. The van der Waals surface area contributed by atoms with Gasteiger partial charge in [-0.2, -0.15) is 0 Å². The van der Waals surface area contributed by atoms with Crippen molar-refractivity contribution in [3.8, 4) is 10.8 Å². The number of thiazole rings is 1. The minimum absolute atomic E-state index is 0.0537. The van der Waals surface area contributed by atoms with Crippen molar-refractivity contribution in [1.29, 1.82) is 0 Å². The molecule has 0 fully saturated rings. The van der Waals surface area contributed by atoms with E-state index in [1.165, 1.54) is 16.2 Å². The normalized spacial score (nSPS) is 10.4. The Hall–Kier alpha value is -2.15. The first kappa shape index (κ1) is 15.2. The number of ether oxygens (including phenoxy) is 1. The summed E-state index contributed by atoms with van der Waals surface area (Å²) in [6.45, 7) is 1.98. The summed E-state index contributed by atoms with van der Waals surface area (Å²) in [4.78, 5) is 29.0. The minimum Gasteiger partial charge on any atom is -0.465 e. The van der Waals surface area contributed by atoms with Gasteiger partial charge in [-0.05, 0) is 19.1 Å². The number of hydrogen-bond donors (Lipinski definition) is 0. The molecule has 0 atom stereocenters. The van der Waals surface area contributed by atoms with Gasteiger partial charge in [0.25, 0.3) is 0 Å². The number of nitrogens with zero attached hydrogens (tertiary/aromatic N) is 2. The van der Waals surface area contributed by atoms with Gasteiger partial charge >= 0.3 is 5.97 Å². The molecule has 0 radical (unpaired) electrons. The highest BCUT2D eigenvalue weighted by Gasteiger charge is 2.16. The molecule has 0 bridgehead atoms. The zero-order chi connectivity index (χ0) is 15.2. The third kappa shape index (κ3) is 4.16. The first-order valence-electron chi connectivity index (χ1n) is 6.48. The van der Waals surface area contributed by atoms with E-state index in [9.17, 15) is 9.59 Å². The molecule has 6 nitrogen and oxygen atoms in total. The van der Waals surface area contributed by atoms with Crippen LogP contribution in [0.2, 0.25) is 0 Å². The van der Waals surface area contributed by atoms with Crippen molar-refractivity contribution >= 4 is 23.2 Å². The molecule has 0 unspecified atom stereocenters. The molecule has 7 heteroatoms. The molecule has 2 aromatic rings. The van der Waals surface area contributed by atoms with Gasteiger partial charge in [0.1, 0.15) is 6.54 Å². The average molecular weight is 308 g/mol. The fraction of sp³-hybridized carbons (Fsp3) is 0.357. The largest absolute Gasteiger partial charge is 0.465 e. The van der Waals surface area contributed by atoms with Crippen molar-refractivity contribution < 1.29 is 18.7 Å². The molecular weight excluding hydrogens is 292 g/mol. The van der Waals surface area contributed by atoms with E-state index < -0.39 is 5.97 Å². The van der Waals surface area contributed by atoms with Gasteiger partial charge in [0.15, 0.2) is 10.8 Å². The molecule has 21 heavy (non-hydrogen) atoms. The molecule has 0 aliphatic heterocycles. The third-order valence-corrected chi connectivity index (χ3v) is 3.62. The van der Waals surface area contributed by atoms with Gasteiger partial charge in [-0.3, -0.25) is 9.59 Å². The summed E-state index contributed by atoms with van der Waals surface area (Å²) < 4.78 is 10.1. The summed E-state index contributed by atoms with van der Waals surface area (Å²) in [5.74, 6) is 0.0841. The molecule has 0 saturated heterocycles. The predicted octanol–water partition coefficient (Wildman–Crippen LogP) is 1.97. The summed E-state index contributed by atoms with van der Waals surface area (Å²) >= 11 is 1.42. The van der Waals surface area contributed by atoms with Gasteiger partial charge in [0.2, 0.25) is 5.91 Å². The van der Waals surface area contributed by atoms with Crippen LogP contribution >= 0.6 is 11.3 Å². The number of rotatable bonds is 6. The van der Waals surface area contributed by atoms with Crippen molar-refractivity contribution in [1.82, 2.24) is 9.88 Å². The molecule has 112 valence electrons. The minimum atomic E-state index is -0.414. The quantitative estimate of drug-likeness (QED) is 0.763. The Morgan fingerprint density at radius 1 is 1.48 bits per heavy atom. The van der Waals surface area contributed by atoms with Gasteiger partial charge in [0, 0.05) is 12.4 Å². The Morgan fingerprint density at radius 3 is 2.95 bits per heavy atom. The van der Waals surface area contributed by atoms with E-state index >= 15 is 0 Å². The van der Waals surface area contributed by atoms with Gasteiger partial charge < -0.3 is 14.1 Å². The number of carbonyl (C=O) groups is 2. The second kappa shape index (κ2) is 7.03. The maximum atomic E-state index is 12.0. The molecular formula is C14H16N2O4S. The Kier molecular flexibility index (Phi) is 5.10. The van der Waals surface area contributed by atoms with Crippen LogP contribution in [0.1, 0.15) is 12.6 Å². The number of likely N-dealkylation sites (N-methyl/N-ethyl adjacent to an activating group) is 1. The molecule has 2 heterocycles. The Bertz CT molecular complexity index is 606. The van der Waals surface area contributed by atoms with Crippen LogP contribution in [0.3, 0.4) is 0 Å². The van der Waals surface area contributed by atoms with Crippen LogP contribution in [-0.2, 0) is 20.7 Å². The van der Waals surface area contributed by atoms with Gasteiger partial charge in [-0.15, -0.1) is 11.3 Å². The lowest BCUT2D eigenvalue weighted by Crippen LogP contribution is -2.34. The molecule has 1 amide bonds. The van der Waals surface area contributed by atoms with Crippen LogP contribution in [0.5, 0.6) is 0 Å². The van der Waals surface area contributed by atoms with Gasteiger partial charge in [0.05, 0.1) is 25.0 Å².